The summed E-state index contributed by atoms with van der Waals surface area (Å²) in [5.74, 6) is -0.351. The maximum Gasteiger partial charge on any atom is 0.272 e. The lowest BCUT2D eigenvalue weighted by molar-refractivity contribution is -0.113. The average Bonchev–Trinajstić information content (AvgIpc) is 2.97. The molecule has 0 aliphatic heterocycles. The van der Waals surface area contributed by atoms with Gasteiger partial charge in [-0.1, -0.05) is 66.2 Å². The van der Waals surface area contributed by atoms with Crippen LogP contribution in [0.15, 0.2) is 115 Å². The first-order valence-corrected chi connectivity index (χ1v) is 12.3. The highest BCUT2D eigenvalue weighted by Gasteiger charge is 2.15. The molecular weight excluding hydrogens is 488 g/mol. The summed E-state index contributed by atoms with van der Waals surface area (Å²) in [6.45, 7) is 1.97. The van der Waals surface area contributed by atoms with Gasteiger partial charge < -0.3 is 15.4 Å². The fourth-order valence-electron chi connectivity index (χ4n) is 3.70. The summed E-state index contributed by atoms with van der Waals surface area (Å²) in [7, 11) is 1.59. The molecule has 39 heavy (non-hydrogen) atoms. The van der Waals surface area contributed by atoms with E-state index in [1.165, 1.54) is 6.08 Å². The first kappa shape index (κ1) is 26.8. The van der Waals surface area contributed by atoms with Crippen molar-refractivity contribution in [3.8, 4) is 5.75 Å². The van der Waals surface area contributed by atoms with Gasteiger partial charge in [-0.15, -0.1) is 0 Å². The Morgan fingerprint density at radius 2 is 1.46 bits per heavy atom. The van der Waals surface area contributed by atoms with Crippen molar-refractivity contribution in [2.45, 2.75) is 6.92 Å². The Morgan fingerprint density at radius 3 is 2.15 bits per heavy atom. The van der Waals surface area contributed by atoms with E-state index in [2.05, 4.69) is 10.6 Å². The number of benzene rings is 4. The first-order chi connectivity index (χ1) is 18.9. The van der Waals surface area contributed by atoms with Crippen LogP contribution in [-0.4, -0.2) is 24.7 Å². The fourth-order valence-corrected chi connectivity index (χ4v) is 3.70. The smallest absolute Gasteiger partial charge is 0.272 e. The van der Waals surface area contributed by atoms with E-state index in [0.717, 1.165) is 16.7 Å². The highest BCUT2D eigenvalue weighted by atomic mass is 16.5. The average molecular weight is 517 g/mol. The number of nitrogens with one attached hydrogen (secondary N) is 2. The Hall–Kier alpha value is -5.23. The zero-order valence-corrected chi connectivity index (χ0v) is 21.7. The van der Waals surface area contributed by atoms with E-state index in [4.69, 9.17) is 4.74 Å². The predicted molar refractivity (Wildman–Crippen MR) is 154 cm³/mol. The van der Waals surface area contributed by atoms with Crippen molar-refractivity contribution in [2.24, 2.45) is 0 Å². The van der Waals surface area contributed by atoms with Gasteiger partial charge in [0.15, 0.2) is 5.78 Å². The van der Waals surface area contributed by atoms with Crippen molar-refractivity contribution in [2.75, 3.05) is 12.4 Å². The second-order valence-corrected chi connectivity index (χ2v) is 8.79. The van der Waals surface area contributed by atoms with E-state index in [0.29, 0.717) is 22.6 Å². The Balaban J connectivity index is 1.48. The van der Waals surface area contributed by atoms with E-state index in [1.807, 2.05) is 61.5 Å². The lowest BCUT2D eigenvalue weighted by Gasteiger charge is -2.12. The third-order valence-electron chi connectivity index (χ3n) is 5.87. The molecule has 0 saturated heterocycles. The number of methoxy groups -OCH3 is 1. The number of ketones is 1. The Morgan fingerprint density at radius 1 is 0.744 bits per heavy atom. The summed E-state index contributed by atoms with van der Waals surface area (Å²) >= 11 is 0. The molecule has 0 saturated carbocycles. The zero-order valence-electron chi connectivity index (χ0n) is 21.7. The molecule has 6 nitrogen and oxygen atoms in total. The van der Waals surface area contributed by atoms with Crippen molar-refractivity contribution >= 4 is 35.4 Å². The molecule has 0 aliphatic rings. The van der Waals surface area contributed by atoms with E-state index >= 15 is 0 Å². The van der Waals surface area contributed by atoms with E-state index in [-0.39, 0.29) is 11.5 Å². The monoisotopic (exact) mass is 516 g/mol. The molecule has 0 radical (unpaired) electrons. The molecule has 0 unspecified atom stereocenters. The first-order valence-electron chi connectivity index (χ1n) is 12.3. The van der Waals surface area contributed by atoms with Crippen LogP contribution < -0.4 is 15.4 Å². The zero-order chi connectivity index (χ0) is 27.6. The van der Waals surface area contributed by atoms with Crippen LogP contribution >= 0.6 is 0 Å². The quantitative estimate of drug-likeness (QED) is 0.202. The van der Waals surface area contributed by atoms with Crippen LogP contribution in [0.5, 0.6) is 5.75 Å². The van der Waals surface area contributed by atoms with Gasteiger partial charge in [0.1, 0.15) is 11.4 Å². The number of anilines is 1. The highest BCUT2D eigenvalue weighted by molar-refractivity contribution is 6.11. The largest absolute Gasteiger partial charge is 0.497 e. The number of aryl methyl sites for hydroxylation is 1. The molecular formula is C33H28N2O4. The maximum atomic E-state index is 13.2. The number of carbonyl (C=O) groups is 3. The minimum atomic E-state index is -0.489. The Kier molecular flexibility index (Phi) is 8.83. The number of hydrogen-bond acceptors (Lipinski definition) is 4. The summed E-state index contributed by atoms with van der Waals surface area (Å²) < 4.78 is 5.21. The number of allylic oxidation sites excluding steroid dienone is 1. The van der Waals surface area contributed by atoms with Gasteiger partial charge in [-0.05, 0) is 78.7 Å². The summed E-state index contributed by atoms with van der Waals surface area (Å²) in [5.41, 5.74) is 4.18. The molecule has 194 valence electrons. The van der Waals surface area contributed by atoms with E-state index in [9.17, 15) is 14.4 Å². The molecule has 0 fully saturated rings. The summed E-state index contributed by atoms with van der Waals surface area (Å²) in [4.78, 5) is 38.6. The SMILES string of the molecule is COc1cccc(/C=C/C(=O)c2ccc(NC(=O)/C(=C/c3ccc(C)cc3)NC(=O)c3ccccc3)cc2)c1. The minimum Gasteiger partial charge on any atom is -0.497 e. The molecule has 2 N–H and O–H groups in total. The third kappa shape index (κ3) is 7.63. The molecule has 0 spiro atoms. The van der Waals surface area contributed by atoms with Gasteiger partial charge in [-0.2, -0.15) is 0 Å². The van der Waals surface area contributed by atoms with Crippen molar-refractivity contribution in [1.82, 2.24) is 5.32 Å². The summed E-state index contributed by atoms with van der Waals surface area (Å²) in [6.07, 6.45) is 4.83. The topological polar surface area (TPSA) is 84.5 Å². The third-order valence-corrected chi connectivity index (χ3v) is 5.87. The normalized spacial score (nSPS) is 11.2. The van der Waals surface area contributed by atoms with Crippen molar-refractivity contribution in [1.29, 1.82) is 0 Å². The number of ether oxygens (including phenoxy) is 1. The van der Waals surface area contributed by atoms with Crippen LogP contribution in [0.2, 0.25) is 0 Å². The highest BCUT2D eigenvalue weighted by Crippen LogP contribution is 2.16. The second kappa shape index (κ2) is 12.8. The van der Waals surface area contributed by atoms with Gasteiger partial charge in [0, 0.05) is 16.8 Å². The van der Waals surface area contributed by atoms with Crippen LogP contribution in [0.3, 0.4) is 0 Å². The van der Waals surface area contributed by atoms with Crippen LogP contribution in [0.25, 0.3) is 12.2 Å². The number of hydrogen-bond donors (Lipinski definition) is 2. The van der Waals surface area contributed by atoms with Gasteiger partial charge in [0.25, 0.3) is 11.8 Å². The molecule has 4 aromatic rings. The molecule has 0 bridgehead atoms. The number of amides is 2. The molecule has 0 aromatic heterocycles. The Bertz CT molecular complexity index is 1520. The Labute approximate surface area is 227 Å². The maximum absolute atomic E-state index is 13.2. The standard InChI is InChI=1S/C33H28N2O4/c1-23-11-13-25(14-12-23)22-30(35-32(37)27-8-4-3-5-9-27)33(38)34-28-18-16-26(17-19-28)31(36)20-15-24-7-6-10-29(21-24)39-2/h3-22H,1-2H3,(H,34,38)(H,35,37)/b20-15+,30-22-. The fraction of sp³-hybridized carbons (Fsp3) is 0.0606. The van der Waals surface area contributed by atoms with Crippen LogP contribution in [0, 0.1) is 6.92 Å². The van der Waals surface area contributed by atoms with Gasteiger partial charge in [-0.3, -0.25) is 14.4 Å². The lowest BCUT2D eigenvalue weighted by atomic mass is 10.1. The molecule has 0 aliphatic carbocycles. The van der Waals surface area contributed by atoms with Crippen molar-refractivity contribution in [3.05, 3.63) is 143 Å². The lowest BCUT2D eigenvalue weighted by Crippen LogP contribution is -2.30. The minimum absolute atomic E-state index is 0.0917. The predicted octanol–water partition coefficient (Wildman–Crippen LogP) is 6.31. The van der Waals surface area contributed by atoms with Crippen molar-refractivity contribution < 1.29 is 19.1 Å². The molecule has 6 heteroatoms. The van der Waals surface area contributed by atoms with Crippen molar-refractivity contribution in [3.63, 3.8) is 0 Å². The van der Waals surface area contributed by atoms with Crippen LogP contribution in [0.4, 0.5) is 5.69 Å². The molecule has 4 aromatic carbocycles. The molecule has 0 heterocycles. The second-order valence-electron chi connectivity index (χ2n) is 8.79. The summed E-state index contributed by atoms with van der Waals surface area (Å²) in [5, 5.41) is 5.53. The number of rotatable bonds is 9. The van der Waals surface area contributed by atoms with Gasteiger partial charge in [0.2, 0.25) is 0 Å². The van der Waals surface area contributed by atoms with Gasteiger partial charge in [-0.25, -0.2) is 0 Å². The van der Waals surface area contributed by atoms with E-state index < -0.39 is 11.8 Å². The number of carbonyl (C=O) groups excluding carboxylic acids is 3. The van der Waals surface area contributed by atoms with E-state index in [1.54, 1.807) is 67.8 Å². The van der Waals surface area contributed by atoms with Crippen LogP contribution in [0.1, 0.15) is 37.4 Å². The molecule has 4 rings (SSSR count). The molecule has 2 amide bonds. The van der Waals surface area contributed by atoms with Gasteiger partial charge >= 0.3 is 0 Å². The van der Waals surface area contributed by atoms with Gasteiger partial charge in [0.05, 0.1) is 7.11 Å². The summed E-state index contributed by atoms with van der Waals surface area (Å²) in [6, 6.07) is 30.2. The van der Waals surface area contributed by atoms with Crippen LogP contribution in [-0.2, 0) is 4.79 Å². The molecule has 0 atom stereocenters.